The van der Waals surface area contributed by atoms with E-state index in [9.17, 15) is 9.18 Å². The molecule has 2 heterocycles. The summed E-state index contributed by atoms with van der Waals surface area (Å²) in [5.74, 6) is -0.0358. The van der Waals surface area contributed by atoms with Crippen LogP contribution in [0.5, 0.6) is 0 Å². The molecule has 142 valence electrons. The minimum absolute atomic E-state index is 0. The second kappa shape index (κ2) is 10.5. The van der Waals surface area contributed by atoms with Crippen molar-refractivity contribution in [3.05, 3.63) is 34.6 Å². The SMILES string of the molecule is Cl.Cl.O=C(NC1CCCN(Cc2ccc(F)cc2Cl)C1)C1CCNC1. The zero-order chi connectivity index (χ0) is 16.2. The molecule has 0 radical (unpaired) electrons. The van der Waals surface area contributed by atoms with E-state index in [-0.39, 0.29) is 48.5 Å². The lowest BCUT2D eigenvalue weighted by Crippen LogP contribution is -2.49. The van der Waals surface area contributed by atoms with Crippen LogP contribution in [-0.4, -0.2) is 43.0 Å². The molecule has 3 rings (SSSR count). The Hall–Kier alpha value is -0.590. The van der Waals surface area contributed by atoms with E-state index in [0.717, 1.165) is 51.0 Å². The Morgan fingerprint density at radius 2 is 2.16 bits per heavy atom. The summed E-state index contributed by atoms with van der Waals surface area (Å²) in [6.07, 6.45) is 2.99. The highest BCUT2D eigenvalue weighted by atomic mass is 35.5. The molecule has 1 amide bonds. The summed E-state index contributed by atoms with van der Waals surface area (Å²) >= 11 is 6.11. The second-order valence-corrected chi connectivity index (χ2v) is 6.92. The molecule has 2 saturated heterocycles. The highest BCUT2D eigenvalue weighted by Crippen LogP contribution is 2.21. The van der Waals surface area contributed by atoms with Crippen molar-refractivity contribution >= 4 is 42.3 Å². The average Bonchev–Trinajstić information content (AvgIpc) is 3.05. The predicted octanol–water partition coefficient (Wildman–Crippen LogP) is 3.01. The Morgan fingerprint density at radius 1 is 1.36 bits per heavy atom. The predicted molar refractivity (Wildman–Crippen MR) is 103 cm³/mol. The Bertz CT molecular complexity index is 570. The van der Waals surface area contributed by atoms with E-state index in [2.05, 4.69) is 15.5 Å². The van der Waals surface area contributed by atoms with Crippen molar-refractivity contribution in [1.29, 1.82) is 0 Å². The van der Waals surface area contributed by atoms with Crippen LogP contribution in [0, 0.1) is 11.7 Å². The lowest BCUT2D eigenvalue weighted by atomic mass is 10.0. The van der Waals surface area contributed by atoms with Crippen LogP contribution in [0.25, 0.3) is 0 Å². The molecule has 0 spiro atoms. The summed E-state index contributed by atoms with van der Waals surface area (Å²) in [5.41, 5.74) is 0.931. The molecule has 0 saturated carbocycles. The smallest absolute Gasteiger partial charge is 0.224 e. The van der Waals surface area contributed by atoms with Crippen molar-refractivity contribution in [2.75, 3.05) is 26.2 Å². The van der Waals surface area contributed by atoms with Crippen LogP contribution in [0.3, 0.4) is 0 Å². The van der Waals surface area contributed by atoms with E-state index in [1.807, 2.05) is 0 Å². The lowest BCUT2D eigenvalue weighted by molar-refractivity contribution is -0.125. The first-order valence-electron chi connectivity index (χ1n) is 8.29. The van der Waals surface area contributed by atoms with Gasteiger partial charge in [0.15, 0.2) is 0 Å². The molecule has 2 atom stereocenters. The number of amides is 1. The van der Waals surface area contributed by atoms with Crippen molar-refractivity contribution in [3.8, 4) is 0 Å². The van der Waals surface area contributed by atoms with E-state index >= 15 is 0 Å². The van der Waals surface area contributed by atoms with Crippen molar-refractivity contribution < 1.29 is 9.18 Å². The maximum atomic E-state index is 13.1. The van der Waals surface area contributed by atoms with Crippen LogP contribution in [-0.2, 0) is 11.3 Å². The summed E-state index contributed by atoms with van der Waals surface area (Å²) < 4.78 is 13.1. The standard InChI is InChI=1S/C17H23ClFN3O.2ClH/c18-16-8-14(19)4-3-13(16)10-22-7-1-2-15(11-22)21-17(23)12-5-6-20-9-12;;/h3-4,8,12,15,20H,1-2,5-7,9-11H2,(H,21,23);2*1H. The molecule has 8 heteroatoms. The Kier molecular flexibility index (Phi) is 9.46. The molecule has 1 aromatic carbocycles. The number of carbonyl (C=O) groups excluding carboxylic acids is 1. The first kappa shape index (κ1) is 22.5. The fourth-order valence-electron chi connectivity index (χ4n) is 3.41. The molecule has 25 heavy (non-hydrogen) atoms. The zero-order valence-electron chi connectivity index (χ0n) is 14.0. The summed E-state index contributed by atoms with van der Waals surface area (Å²) in [5, 5.41) is 6.88. The molecule has 2 aliphatic rings. The Labute approximate surface area is 165 Å². The van der Waals surface area contributed by atoms with E-state index in [1.165, 1.54) is 12.1 Å². The number of piperidine rings is 1. The van der Waals surface area contributed by atoms with Crippen LogP contribution in [0.4, 0.5) is 4.39 Å². The highest BCUT2D eigenvalue weighted by molar-refractivity contribution is 6.31. The van der Waals surface area contributed by atoms with Gasteiger partial charge in [-0.05, 0) is 50.0 Å². The van der Waals surface area contributed by atoms with E-state index in [4.69, 9.17) is 11.6 Å². The second-order valence-electron chi connectivity index (χ2n) is 6.51. The molecule has 2 fully saturated rings. The van der Waals surface area contributed by atoms with E-state index in [1.54, 1.807) is 6.07 Å². The fraction of sp³-hybridized carbons (Fsp3) is 0.588. The number of benzene rings is 1. The third-order valence-electron chi connectivity index (χ3n) is 4.69. The van der Waals surface area contributed by atoms with Gasteiger partial charge >= 0.3 is 0 Å². The monoisotopic (exact) mass is 411 g/mol. The van der Waals surface area contributed by atoms with Gasteiger partial charge < -0.3 is 10.6 Å². The normalized spacial score (nSPS) is 23.4. The van der Waals surface area contributed by atoms with Gasteiger partial charge in [0, 0.05) is 30.7 Å². The fourth-order valence-corrected chi connectivity index (χ4v) is 3.63. The molecule has 2 unspecified atom stereocenters. The first-order valence-corrected chi connectivity index (χ1v) is 8.67. The van der Waals surface area contributed by atoms with Crippen LogP contribution in [0.15, 0.2) is 18.2 Å². The van der Waals surface area contributed by atoms with Crippen molar-refractivity contribution in [2.24, 2.45) is 5.92 Å². The van der Waals surface area contributed by atoms with E-state index < -0.39 is 0 Å². The van der Waals surface area contributed by atoms with Gasteiger partial charge in [-0.2, -0.15) is 0 Å². The number of hydrogen-bond acceptors (Lipinski definition) is 3. The molecular formula is C17H25Cl3FN3O. The summed E-state index contributed by atoms with van der Waals surface area (Å²) in [4.78, 5) is 14.5. The molecule has 2 aliphatic heterocycles. The van der Waals surface area contributed by atoms with Gasteiger partial charge in [0.05, 0.1) is 5.92 Å². The largest absolute Gasteiger partial charge is 0.352 e. The number of carbonyl (C=O) groups is 1. The Balaban J connectivity index is 0.00000156. The van der Waals surface area contributed by atoms with Crippen LogP contribution in [0.1, 0.15) is 24.8 Å². The minimum atomic E-state index is -0.312. The number of nitrogens with one attached hydrogen (secondary N) is 2. The number of halogens is 4. The maximum absolute atomic E-state index is 13.1. The van der Waals surface area contributed by atoms with Gasteiger partial charge in [0.25, 0.3) is 0 Å². The van der Waals surface area contributed by atoms with E-state index in [0.29, 0.717) is 11.6 Å². The van der Waals surface area contributed by atoms with Crippen LogP contribution < -0.4 is 10.6 Å². The number of rotatable bonds is 4. The quantitative estimate of drug-likeness (QED) is 0.799. The van der Waals surface area contributed by atoms with Gasteiger partial charge in [-0.15, -0.1) is 24.8 Å². The molecule has 4 nitrogen and oxygen atoms in total. The number of hydrogen-bond donors (Lipinski definition) is 2. The molecule has 0 aromatic heterocycles. The first-order chi connectivity index (χ1) is 11.1. The summed E-state index contributed by atoms with van der Waals surface area (Å²) in [6.45, 7) is 4.20. The highest BCUT2D eigenvalue weighted by Gasteiger charge is 2.27. The topological polar surface area (TPSA) is 44.4 Å². The lowest BCUT2D eigenvalue weighted by Gasteiger charge is -2.33. The van der Waals surface area contributed by atoms with Crippen molar-refractivity contribution in [2.45, 2.75) is 31.8 Å². The summed E-state index contributed by atoms with van der Waals surface area (Å²) in [6, 6.07) is 4.73. The van der Waals surface area contributed by atoms with Gasteiger partial charge in [-0.25, -0.2) is 4.39 Å². The third kappa shape index (κ3) is 6.26. The van der Waals surface area contributed by atoms with Gasteiger partial charge in [0.1, 0.15) is 5.82 Å². The molecule has 1 aromatic rings. The van der Waals surface area contributed by atoms with Gasteiger partial charge in [-0.1, -0.05) is 17.7 Å². The van der Waals surface area contributed by atoms with Crippen LogP contribution >= 0.6 is 36.4 Å². The number of likely N-dealkylation sites (tertiary alicyclic amines) is 1. The van der Waals surface area contributed by atoms with Crippen molar-refractivity contribution in [3.63, 3.8) is 0 Å². The molecule has 0 bridgehead atoms. The van der Waals surface area contributed by atoms with Gasteiger partial charge in [0.2, 0.25) is 5.91 Å². The van der Waals surface area contributed by atoms with Crippen LogP contribution in [0.2, 0.25) is 5.02 Å². The third-order valence-corrected chi connectivity index (χ3v) is 5.04. The molecule has 2 N–H and O–H groups in total. The molecule has 0 aliphatic carbocycles. The number of nitrogens with zero attached hydrogens (tertiary/aromatic N) is 1. The Morgan fingerprint density at radius 3 is 2.84 bits per heavy atom. The molecular weight excluding hydrogens is 388 g/mol. The van der Waals surface area contributed by atoms with Crippen molar-refractivity contribution in [1.82, 2.24) is 15.5 Å². The maximum Gasteiger partial charge on any atom is 0.224 e. The zero-order valence-corrected chi connectivity index (χ0v) is 16.4. The minimum Gasteiger partial charge on any atom is -0.352 e. The average molecular weight is 413 g/mol. The summed E-state index contributed by atoms with van der Waals surface area (Å²) in [7, 11) is 0. The van der Waals surface area contributed by atoms with Gasteiger partial charge in [-0.3, -0.25) is 9.69 Å².